The summed E-state index contributed by atoms with van der Waals surface area (Å²) in [6.45, 7) is 3.48. The van der Waals surface area contributed by atoms with Gasteiger partial charge >= 0.3 is 5.97 Å². The summed E-state index contributed by atoms with van der Waals surface area (Å²) in [5.41, 5.74) is 7.80. The van der Waals surface area contributed by atoms with Crippen molar-refractivity contribution in [2.75, 3.05) is 6.54 Å². The van der Waals surface area contributed by atoms with Crippen LogP contribution in [-0.2, 0) is 21.4 Å². The summed E-state index contributed by atoms with van der Waals surface area (Å²) >= 11 is 0. The molecule has 1 saturated carbocycles. The molecule has 6 rings (SSSR count). The summed E-state index contributed by atoms with van der Waals surface area (Å²) in [5.74, 6) is -3.21. The highest BCUT2D eigenvalue weighted by atomic mass is 32.2. The van der Waals surface area contributed by atoms with E-state index in [2.05, 4.69) is 15.2 Å². The molecule has 0 radical (unpaired) electrons. The van der Waals surface area contributed by atoms with E-state index in [9.17, 15) is 31.9 Å². The number of alkyl halides is 2. The third-order valence-corrected chi connectivity index (χ3v) is 10.1. The van der Waals surface area contributed by atoms with Crippen LogP contribution in [0.1, 0.15) is 75.6 Å². The standard InChI is InChI=1S/C29H28F2N6O6S/c1-15-3-4-17(21(11-23(38)39)20-5-8-37-26(16(20)2)34-35-27(37)24(30)31)9-19(15)13-36-14-29(6-7-29)43-28-22(44(36,41)42)10-18(12-33-28)25(32)40/h3-5,8-10,12,21,24H,6-7,11,13-14H2,1-2H3,(H2,32,40)(H,38,39)/t21-/m0/s1. The van der Waals surface area contributed by atoms with Crippen molar-refractivity contribution in [2.45, 2.75) is 62.5 Å². The third kappa shape index (κ3) is 5.15. The molecular weight excluding hydrogens is 598 g/mol. The highest BCUT2D eigenvalue weighted by Crippen LogP contribution is 2.46. The number of carbonyl (C=O) groups excluding carboxylic acids is 1. The number of aryl methyl sites for hydroxylation is 2. The van der Waals surface area contributed by atoms with Crippen LogP contribution in [0, 0.1) is 13.8 Å². The summed E-state index contributed by atoms with van der Waals surface area (Å²) < 4.78 is 63.2. The number of nitrogens with two attached hydrogens (primary N) is 1. The molecule has 1 fully saturated rings. The number of sulfonamides is 1. The second-order valence-corrected chi connectivity index (χ2v) is 13.1. The van der Waals surface area contributed by atoms with Gasteiger partial charge < -0.3 is 15.6 Å². The first kappa shape index (κ1) is 29.6. The van der Waals surface area contributed by atoms with E-state index in [4.69, 9.17) is 10.5 Å². The van der Waals surface area contributed by atoms with Crippen LogP contribution in [0.5, 0.6) is 5.88 Å². The SMILES string of the molecule is Cc1ccc([C@H](CC(=O)O)c2ccn3c(C(F)F)nnc3c2C)cc1CN1CC2(CC2)Oc2ncc(C(N)=O)cc2S1(=O)=O. The minimum Gasteiger partial charge on any atom is -0.481 e. The number of hydrogen-bond acceptors (Lipinski definition) is 8. The zero-order chi connectivity index (χ0) is 31.6. The lowest BCUT2D eigenvalue weighted by atomic mass is 9.85. The van der Waals surface area contributed by atoms with Crippen molar-refractivity contribution in [3.63, 3.8) is 0 Å². The lowest BCUT2D eigenvalue weighted by Crippen LogP contribution is -2.38. The molecule has 2 aliphatic rings. The van der Waals surface area contributed by atoms with Gasteiger partial charge in [-0.05, 0) is 66.6 Å². The first-order valence-electron chi connectivity index (χ1n) is 13.7. The Balaban J connectivity index is 1.41. The first-order chi connectivity index (χ1) is 20.8. The molecule has 0 bridgehead atoms. The Kier molecular flexibility index (Phi) is 7.12. The molecule has 3 aromatic heterocycles. The molecule has 1 amide bonds. The molecule has 1 atom stereocenters. The molecule has 15 heteroatoms. The number of nitrogens with zero attached hydrogens (tertiary/aromatic N) is 5. The van der Waals surface area contributed by atoms with Gasteiger partial charge in [0.2, 0.25) is 27.6 Å². The summed E-state index contributed by atoms with van der Waals surface area (Å²) in [7, 11) is -4.20. The average Bonchev–Trinajstić information content (AvgIpc) is 3.58. The normalized spacial score (nSPS) is 17.7. The number of benzene rings is 1. The molecule has 1 aliphatic heterocycles. The summed E-state index contributed by atoms with van der Waals surface area (Å²) in [4.78, 5) is 27.7. The molecule has 44 heavy (non-hydrogen) atoms. The van der Waals surface area contributed by atoms with E-state index < -0.39 is 45.7 Å². The van der Waals surface area contributed by atoms with Crippen LogP contribution in [0.4, 0.5) is 8.78 Å². The third-order valence-electron chi connectivity index (χ3n) is 8.27. The number of halogens is 2. The van der Waals surface area contributed by atoms with Crippen molar-refractivity contribution in [2.24, 2.45) is 5.73 Å². The molecule has 0 saturated heterocycles. The van der Waals surface area contributed by atoms with Gasteiger partial charge in [0.1, 0.15) is 10.5 Å². The number of carboxylic acid groups (broad SMARTS) is 1. The molecule has 12 nitrogen and oxygen atoms in total. The molecular formula is C29H28F2N6O6S. The Morgan fingerprint density at radius 2 is 1.91 bits per heavy atom. The van der Waals surface area contributed by atoms with Crippen molar-refractivity contribution in [1.29, 1.82) is 0 Å². The Morgan fingerprint density at radius 3 is 2.57 bits per heavy atom. The highest BCUT2D eigenvalue weighted by Gasteiger charge is 2.52. The van der Waals surface area contributed by atoms with E-state index in [1.165, 1.54) is 27.2 Å². The predicted molar refractivity (Wildman–Crippen MR) is 151 cm³/mol. The number of carboxylic acids is 1. The van der Waals surface area contributed by atoms with Crippen molar-refractivity contribution in [3.8, 4) is 5.88 Å². The summed E-state index contributed by atoms with van der Waals surface area (Å²) in [6, 6.07) is 8.07. The fraction of sp³-hybridized carbons (Fsp3) is 0.345. The second kappa shape index (κ2) is 10.6. The van der Waals surface area contributed by atoms with Gasteiger partial charge in [0.25, 0.3) is 6.43 Å². The van der Waals surface area contributed by atoms with E-state index >= 15 is 0 Å². The van der Waals surface area contributed by atoms with Crippen LogP contribution in [0.2, 0.25) is 0 Å². The lowest BCUT2D eigenvalue weighted by Gasteiger charge is -2.25. The molecule has 4 aromatic rings. The van der Waals surface area contributed by atoms with Gasteiger partial charge in [0.05, 0.1) is 18.5 Å². The number of carbonyl (C=O) groups is 2. The van der Waals surface area contributed by atoms with Gasteiger partial charge in [0.15, 0.2) is 5.65 Å². The zero-order valence-corrected chi connectivity index (χ0v) is 24.5. The maximum absolute atomic E-state index is 13.9. The van der Waals surface area contributed by atoms with Crippen LogP contribution < -0.4 is 10.5 Å². The average molecular weight is 627 g/mol. The first-order valence-corrected chi connectivity index (χ1v) is 15.2. The summed E-state index contributed by atoms with van der Waals surface area (Å²) in [5, 5.41) is 17.3. The molecule has 0 unspecified atom stereocenters. The maximum Gasteiger partial charge on any atom is 0.304 e. The summed E-state index contributed by atoms with van der Waals surface area (Å²) in [6.07, 6.45) is 0.665. The Hall–Kier alpha value is -4.50. The second-order valence-electron chi connectivity index (χ2n) is 11.2. The van der Waals surface area contributed by atoms with Gasteiger partial charge in [-0.25, -0.2) is 22.2 Å². The lowest BCUT2D eigenvalue weighted by molar-refractivity contribution is -0.137. The highest BCUT2D eigenvalue weighted by molar-refractivity contribution is 7.89. The van der Waals surface area contributed by atoms with Crippen LogP contribution in [-0.4, -0.2) is 61.4 Å². The van der Waals surface area contributed by atoms with E-state index in [0.29, 0.717) is 35.1 Å². The van der Waals surface area contributed by atoms with Crippen LogP contribution in [0.15, 0.2) is 47.6 Å². The fourth-order valence-corrected chi connectivity index (χ4v) is 7.23. The Bertz CT molecular complexity index is 1940. The van der Waals surface area contributed by atoms with E-state index in [0.717, 1.165) is 5.56 Å². The Labute approximate surface area is 250 Å². The number of hydrogen-bond donors (Lipinski definition) is 2. The van der Waals surface area contributed by atoms with Gasteiger partial charge in [-0.15, -0.1) is 10.2 Å². The van der Waals surface area contributed by atoms with Gasteiger partial charge in [-0.2, -0.15) is 4.31 Å². The van der Waals surface area contributed by atoms with Gasteiger partial charge in [0, 0.05) is 24.9 Å². The number of fused-ring (bicyclic) bond motifs is 2. The van der Waals surface area contributed by atoms with Gasteiger partial charge in [-0.3, -0.25) is 14.0 Å². The van der Waals surface area contributed by atoms with Crippen LogP contribution >= 0.6 is 0 Å². The quantitative estimate of drug-likeness (QED) is 0.297. The fourth-order valence-electron chi connectivity index (χ4n) is 5.64. The van der Waals surface area contributed by atoms with E-state index in [1.54, 1.807) is 31.2 Å². The van der Waals surface area contributed by atoms with Crippen molar-refractivity contribution in [3.05, 3.63) is 81.9 Å². The molecule has 3 N–H and O–H groups in total. The Morgan fingerprint density at radius 1 is 1.16 bits per heavy atom. The largest absolute Gasteiger partial charge is 0.481 e. The number of pyridine rings is 2. The van der Waals surface area contributed by atoms with E-state index in [-0.39, 0.29) is 41.5 Å². The number of aromatic nitrogens is 4. The molecule has 230 valence electrons. The number of amides is 1. The number of aliphatic carboxylic acids is 1. The van der Waals surface area contributed by atoms with Crippen molar-refractivity contribution in [1.82, 2.24) is 23.9 Å². The van der Waals surface area contributed by atoms with E-state index in [1.807, 2.05) is 6.92 Å². The minimum atomic E-state index is -4.20. The topological polar surface area (TPSA) is 170 Å². The van der Waals surface area contributed by atoms with Crippen LogP contribution in [0.25, 0.3) is 5.65 Å². The number of rotatable bonds is 8. The smallest absolute Gasteiger partial charge is 0.304 e. The van der Waals surface area contributed by atoms with Crippen molar-refractivity contribution < 1.29 is 36.6 Å². The van der Waals surface area contributed by atoms with Crippen LogP contribution in [0.3, 0.4) is 0 Å². The van der Waals surface area contributed by atoms with Gasteiger partial charge in [-0.1, -0.05) is 18.2 Å². The molecule has 1 spiro atoms. The predicted octanol–water partition coefficient (Wildman–Crippen LogP) is 3.50. The molecule has 4 heterocycles. The number of ether oxygens (including phenoxy) is 1. The number of primary amides is 1. The molecule has 1 aromatic carbocycles. The van der Waals surface area contributed by atoms with Crippen molar-refractivity contribution >= 4 is 27.5 Å². The minimum absolute atomic E-state index is 0.0505. The molecule has 1 aliphatic carbocycles. The zero-order valence-electron chi connectivity index (χ0n) is 23.7. The monoisotopic (exact) mass is 626 g/mol. The maximum atomic E-state index is 13.9.